The van der Waals surface area contributed by atoms with Gasteiger partial charge in [0.2, 0.25) is 0 Å². The first kappa shape index (κ1) is 8.27. The van der Waals surface area contributed by atoms with Gasteiger partial charge in [0.1, 0.15) is 12.4 Å². The van der Waals surface area contributed by atoms with Crippen molar-refractivity contribution in [3.8, 4) is 0 Å². The molecule has 13 heavy (non-hydrogen) atoms. The molecule has 1 atom stereocenters. The molecular formula is C6H7N5OS. The van der Waals surface area contributed by atoms with E-state index in [1.165, 1.54) is 6.33 Å². The number of rotatable bonds is 3. The number of nitrogens with one attached hydrogen (secondary N) is 1. The van der Waals surface area contributed by atoms with Gasteiger partial charge in [-0.1, -0.05) is 0 Å². The second kappa shape index (κ2) is 3.58. The smallest absolute Gasteiger partial charge is 0.153 e. The van der Waals surface area contributed by atoms with E-state index < -0.39 is 6.10 Å². The van der Waals surface area contributed by atoms with Crippen molar-refractivity contribution in [1.29, 1.82) is 0 Å². The fourth-order valence-corrected chi connectivity index (χ4v) is 1.39. The summed E-state index contributed by atoms with van der Waals surface area (Å²) in [5, 5.41) is 15.8. The van der Waals surface area contributed by atoms with Gasteiger partial charge in [0.25, 0.3) is 0 Å². The van der Waals surface area contributed by atoms with Crippen LogP contribution in [-0.4, -0.2) is 29.0 Å². The Hall–Kier alpha value is -1.34. The highest BCUT2D eigenvalue weighted by Gasteiger charge is 2.12. The molecule has 0 fully saturated rings. The Balaban J connectivity index is 2.04. The summed E-state index contributed by atoms with van der Waals surface area (Å²) >= 11 is 1.12. The van der Waals surface area contributed by atoms with Crippen LogP contribution in [0.1, 0.15) is 17.6 Å². The van der Waals surface area contributed by atoms with E-state index in [1.54, 1.807) is 6.20 Å². The van der Waals surface area contributed by atoms with Gasteiger partial charge in [-0.2, -0.15) is 13.8 Å². The second-order valence-corrected chi connectivity index (χ2v) is 3.05. The van der Waals surface area contributed by atoms with Gasteiger partial charge in [0, 0.05) is 6.42 Å². The van der Waals surface area contributed by atoms with E-state index in [-0.39, 0.29) is 0 Å². The minimum atomic E-state index is -0.689. The lowest BCUT2D eigenvalue weighted by Crippen LogP contribution is -2.04. The van der Waals surface area contributed by atoms with Crippen molar-refractivity contribution in [2.75, 3.05) is 0 Å². The maximum absolute atomic E-state index is 9.58. The van der Waals surface area contributed by atoms with E-state index in [0.29, 0.717) is 12.2 Å². The third-order valence-electron chi connectivity index (χ3n) is 1.56. The van der Waals surface area contributed by atoms with Crippen LogP contribution in [0.25, 0.3) is 0 Å². The average molecular weight is 197 g/mol. The maximum atomic E-state index is 9.58. The number of nitrogens with zero attached hydrogens (tertiary/aromatic N) is 4. The Morgan fingerprint density at radius 2 is 2.54 bits per heavy atom. The lowest BCUT2D eigenvalue weighted by atomic mass is 10.2. The molecule has 6 nitrogen and oxygen atoms in total. The molecule has 0 aliphatic carbocycles. The van der Waals surface area contributed by atoms with Crippen molar-refractivity contribution in [2.45, 2.75) is 12.5 Å². The molecule has 0 aromatic carbocycles. The molecule has 68 valence electrons. The van der Waals surface area contributed by atoms with Crippen LogP contribution in [0, 0.1) is 0 Å². The fourth-order valence-electron chi connectivity index (χ4n) is 0.944. The van der Waals surface area contributed by atoms with E-state index in [1.807, 2.05) is 0 Å². The Kier molecular flexibility index (Phi) is 2.28. The summed E-state index contributed by atoms with van der Waals surface area (Å²) < 4.78 is 7.80. The molecule has 0 spiro atoms. The molecule has 2 aromatic rings. The van der Waals surface area contributed by atoms with Crippen molar-refractivity contribution in [1.82, 2.24) is 23.9 Å². The first-order chi connectivity index (χ1) is 6.36. The number of aliphatic hydroxyl groups is 1. The minimum Gasteiger partial charge on any atom is -0.385 e. The summed E-state index contributed by atoms with van der Waals surface area (Å²) in [4.78, 5) is 3.84. The first-order valence-electron chi connectivity index (χ1n) is 3.66. The van der Waals surface area contributed by atoms with E-state index >= 15 is 0 Å². The van der Waals surface area contributed by atoms with Crippen molar-refractivity contribution in [3.63, 3.8) is 0 Å². The monoisotopic (exact) mass is 197 g/mol. The highest BCUT2D eigenvalue weighted by Crippen LogP contribution is 2.11. The van der Waals surface area contributed by atoms with Crippen molar-refractivity contribution < 1.29 is 5.11 Å². The number of aromatic nitrogens is 5. The molecule has 2 heterocycles. The Bertz CT molecular complexity index is 345. The van der Waals surface area contributed by atoms with Crippen LogP contribution in [0.3, 0.4) is 0 Å². The van der Waals surface area contributed by atoms with Crippen LogP contribution < -0.4 is 0 Å². The molecule has 0 saturated carbocycles. The third kappa shape index (κ3) is 1.87. The lowest BCUT2D eigenvalue weighted by molar-refractivity contribution is 0.168. The summed E-state index contributed by atoms with van der Waals surface area (Å²) in [5.41, 5.74) is 0.758. The molecule has 2 rings (SSSR count). The van der Waals surface area contributed by atoms with Gasteiger partial charge < -0.3 is 5.11 Å². The number of hydrogen-bond donors (Lipinski definition) is 2. The molecule has 2 N–H and O–H groups in total. The highest BCUT2D eigenvalue weighted by atomic mass is 32.1. The van der Waals surface area contributed by atoms with E-state index in [0.717, 1.165) is 17.4 Å². The summed E-state index contributed by atoms with van der Waals surface area (Å²) in [5.74, 6) is 0.452. The van der Waals surface area contributed by atoms with E-state index in [2.05, 4.69) is 23.9 Å². The number of hydrogen-bond acceptors (Lipinski definition) is 6. The molecule has 0 aliphatic heterocycles. The van der Waals surface area contributed by atoms with Crippen LogP contribution >= 0.6 is 11.7 Å². The van der Waals surface area contributed by atoms with Gasteiger partial charge >= 0.3 is 0 Å². The first-order valence-corrected chi connectivity index (χ1v) is 4.39. The van der Waals surface area contributed by atoms with Crippen LogP contribution in [0.4, 0.5) is 0 Å². The van der Waals surface area contributed by atoms with Gasteiger partial charge in [-0.05, 0) is 0 Å². The zero-order valence-electron chi connectivity index (χ0n) is 6.58. The van der Waals surface area contributed by atoms with Gasteiger partial charge in [0.05, 0.1) is 23.6 Å². The molecule has 0 radical (unpaired) electrons. The molecule has 0 amide bonds. The molecule has 2 aromatic heterocycles. The zero-order valence-corrected chi connectivity index (χ0v) is 7.40. The topological polar surface area (TPSA) is 87.6 Å². The fraction of sp³-hybridized carbons (Fsp3) is 0.333. The predicted octanol–water partition coefficient (Wildman–Crippen LogP) is -0.0677. The van der Waals surface area contributed by atoms with E-state index in [4.69, 9.17) is 0 Å². The normalized spacial score (nSPS) is 13.0. The number of aliphatic hydroxyl groups excluding tert-OH is 1. The van der Waals surface area contributed by atoms with Gasteiger partial charge in [-0.3, -0.25) is 5.10 Å². The van der Waals surface area contributed by atoms with Gasteiger partial charge in [-0.15, -0.1) is 0 Å². The van der Waals surface area contributed by atoms with E-state index in [9.17, 15) is 5.11 Å². The molecule has 0 saturated heterocycles. The maximum Gasteiger partial charge on any atom is 0.153 e. The quantitative estimate of drug-likeness (QED) is 0.719. The number of H-pyrrole nitrogens is 1. The summed E-state index contributed by atoms with van der Waals surface area (Å²) in [6.07, 6.45) is 2.71. The lowest BCUT2D eigenvalue weighted by Gasteiger charge is -2.02. The second-order valence-electron chi connectivity index (χ2n) is 2.49. The van der Waals surface area contributed by atoms with Crippen LogP contribution in [-0.2, 0) is 6.42 Å². The Labute approximate surface area is 78.0 Å². The Morgan fingerprint density at radius 1 is 1.62 bits per heavy atom. The van der Waals surface area contributed by atoms with Crippen molar-refractivity contribution in [2.24, 2.45) is 0 Å². The van der Waals surface area contributed by atoms with Crippen LogP contribution in [0.5, 0.6) is 0 Å². The van der Waals surface area contributed by atoms with Crippen molar-refractivity contribution in [3.05, 3.63) is 24.0 Å². The largest absolute Gasteiger partial charge is 0.385 e. The van der Waals surface area contributed by atoms with Crippen molar-refractivity contribution >= 4 is 11.7 Å². The summed E-state index contributed by atoms with van der Waals surface area (Å²) in [6.45, 7) is 0. The van der Waals surface area contributed by atoms with Gasteiger partial charge in [-0.25, -0.2) is 4.98 Å². The molecule has 1 unspecified atom stereocenters. The highest BCUT2D eigenvalue weighted by molar-refractivity contribution is 6.99. The summed E-state index contributed by atoms with van der Waals surface area (Å²) in [7, 11) is 0. The molecule has 0 aliphatic rings. The summed E-state index contributed by atoms with van der Waals surface area (Å²) in [6, 6.07) is 0. The molecule has 7 heteroatoms. The van der Waals surface area contributed by atoms with Gasteiger partial charge in [0.15, 0.2) is 5.82 Å². The minimum absolute atomic E-state index is 0.408. The van der Waals surface area contributed by atoms with Crippen LogP contribution in [0.2, 0.25) is 0 Å². The average Bonchev–Trinajstić information content (AvgIpc) is 2.74. The van der Waals surface area contributed by atoms with Crippen LogP contribution in [0.15, 0.2) is 12.5 Å². The Morgan fingerprint density at radius 3 is 3.15 bits per heavy atom. The molecular weight excluding hydrogens is 190 g/mol. The molecule has 0 bridgehead atoms. The number of aromatic amines is 1. The SMILES string of the molecule is OC(Cc1cnsn1)c1ncn[nH]1. The third-order valence-corrected chi connectivity index (χ3v) is 2.07. The predicted molar refractivity (Wildman–Crippen MR) is 45.0 cm³/mol. The zero-order chi connectivity index (χ0) is 9.10. The standard InChI is InChI=1S/C6H7N5OS/c12-5(6-7-3-8-10-6)1-4-2-9-13-11-4/h2-3,5,12H,1H2,(H,7,8,10).